The summed E-state index contributed by atoms with van der Waals surface area (Å²) >= 11 is 0. The van der Waals surface area contributed by atoms with Crippen molar-refractivity contribution in [3.05, 3.63) is 35.6 Å². The zero-order chi connectivity index (χ0) is 15.2. The van der Waals surface area contributed by atoms with E-state index in [4.69, 9.17) is 4.74 Å². The fourth-order valence-electron chi connectivity index (χ4n) is 1.91. The first-order valence-electron chi connectivity index (χ1n) is 6.89. The van der Waals surface area contributed by atoms with Gasteiger partial charge >= 0.3 is 5.97 Å². The lowest BCUT2D eigenvalue weighted by molar-refractivity contribution is -0.138. The van der Waals surface area contributed by atoms with E-state index in [1.54, 1.807) is 0 Å². The Morgan fingerprint density at radius 2 is 2.00 bits per heavy atom. The molecule has 1 aromatic carbocycles. The Kier molecular flexibility index (Phi) is 5.27. The molecule has 1 aliphatic rings. The molecule has 0 saturated heterocycles. The highest BCUT2D eigenvalue weighted by molar-refractivity contribution is 5.80. The number of carbonyl (C=O) groups excluding carboxylic acids is 1. The van der Waals surface area contributed by atoms with Crippen LogP contribution in [0, 0.1) is 11.7 Å². The van der Waals surface area contributed by atoms with Gasteiger partial charge < -0.3 is 15.2 Å². The van der Waals surface area contributed by atoms with Crippen LogP contribution in [0.3, 0.4) is 0 Å². The number of nitrogens with one attached hydrogen (secondary N) is 1. The fourth-order valence-corrected chi connectivity index (χ4v) is 1.91. The van der Waals surface area contributed by atoms with Crippen LogP contribution in [0.5, 0.6) is 0 Å². The lowest BCUT2D eigenvalue weighted by Crippen LogP contribution is -2.34. The molecule has 21 heavy (non-hydrogen) atoms. The van der Waals surface area contributed by atoms with E-state index in [1.807, 2.05) is 0 Å². The highest BCUT2D eigenvalue weighted by Crippen LogP contribution is 2.28. The van der Waals surface area contributed by atoms with Gasteiger partial charge in [-0.2, -0.15) is 0 Å². The first-order chi connectivity index (χ1) is 10.1. The van der Waals surface area contributed by atoms with E-state index in [0.717, 1.165) is 12.8 Å². The molecule has 6 heteroatoms. The number of carboxylic acids is 1. The van der Waals surface area contributed by atoms with Crippen LogP contribution in [-0.4, -0.2) is 36.7 Å². The van der Waals surface area contributed by atoms with Crippen molar-refractivity contribution in [1.29, 1.82) is 0 Å². The third-order valence-electron chi connectivity index (χ3n) is 3.36. The molecule has 5 nitrogen and oxygen atoms in total. The number of carboxylic acid groups (broad SMARTS) is 1. The van der Waals surface area contributed by atoms with Gasteiger partial charge in [0, 0.05) is 6.54 Å². The Labute approximate surface area is 122 Å². The number of amides is 1. The van der Waals surface area contributed by atoms with Gasteiger partial charge in [-0.15, -0.1) is 0 Å². The summed E-state index contributed by atoms with van der Waals surface area (Å²) in [7, 11) is 0. The van der Waals surface area contributed by atoms with E-state index in [9.17, 15) is 19.1 Å². The van der Waals surface area contributed by atoms with Gasteiger partial charge in [0.2, 0.25) is 5.91 Å². The van der Waals surface area contributed by atoms with Crippen LogP contribution in [0.1, 0.15) is 24.3 Å². The maximum Gasteiger partial charge on any atom is 0.312 e. The van der Waals surface area contributed by atoms with Gasteiger partial charge in [-0.1, -0.05) is 12.1 Å². The van der Waals surface area contributed by atoms with E-state index in [-0.39, 0.29) is 19.1 Å². The monoisotopic (exact) mass is 295 g/mol. The van der Waals surface area contributed by atoms with Crippen LogP contribution >= 0.6 is 0 Å². The molecule has 1 unspecified atom stereocenters. The molecule has 1 fully saturated rings. The molecule has 0 aliphatic heterocycles. The largest absolute Gasteiger partial charge is 0.481 e. The zero-order valence-corrected chi connectivity index (χ0v) is 11.5. The highest BCUT2D eigenvalue weighted by atomic mass is 19.1. The van der Waals surface area contributed by atoms with Gasteiger partial charge in [0.1, 0.15) is 12.4 Å². The van der Waals surface area contributed by atoms with Crippen LogP contribution in [-0.2, 0) is 14.3 Å². The van der Waals surface area contributed by atoms with Crippen LogP contribution in [0.25, 0.3) is 0 Å². The number of rotatable bonds is 8. The summed E-state index contributed by atoms with van der Waals surface area (Å²) in [5.41, 5.74) is 0.447. The molecule has 1 saturated carbocycles. The summed E-state index contributed by atoms with van der Waals surface area (Å²) in [5.74, 6) is -2.17. The molecule has 0 radical (unpaired) electrons. The molecule has 0 aromatic heterocycles. The predicted octanol–water partition coefficient (Wildman–Crippen LogP) is 1.54. The lowest BCUT2D eigenvalue weighted by atomic mass is 9.99. The van der Waals surface area contributed by atoms with Crippen molar-refractivity contribution in [1.82, 2.24) is 5.32 Å². The normalized spacial score (nSPS) is 15.5. The van der Waals surface area contributed by atoms with E-state index in [1.165, 1.54) is 24.3 Å². The van der Waals surface area contributed by atoms with Gasteiger partial charge in [-0.3, -0.25) is 9.59 Å². The van der Waals surface area contributed by atoms with E-state index >= 15 is 0 Å². The van der Waals surface area contributed by atoms with Gasteiger partial charge in [0.15, 0.2) is 0 Å². The quantitative estimate of drug-likeness (QED) is 0.763. The average Bonchev–Trinajstić information content (AvgIpc) is 3.25. The van der Waals surface area contributed by atoms with Crippen molar-refractivity contribution in [3.8, 4) is 0 Å². The molecule has 0 bridgehead atoms. The number of hydrogen-bond donors (Lipinski definition) is 2. The second-order valence-corrected chi connectivity index (χ2v) is 5.20. The summed E-state index contributed by atoms with van der Waals surface area (Å²) in [4.78, 5) is 22.8. The van der Waals surface area contributed by atoms with Crippen LogP contribution < -0.4 is 5.32 Å². The molecule has 2 N–H and O–H groups in total. The lowest BCUT2D eigenvalue weighted by Gasteiger charge is -2.14. The van der Waals surface area contributed by atoms with Crippen molar-refractivity contribution < 1.29 is 23.8 Å². The van der Waals surface area contributed by atoms with E-state index in [0.29, 0.717) is 18.1 Å². The minimum Gasteiger partial charge on any atom is -0.481 e. The van der Waals surface area contributed by atoms with Crippen LogP contribution in [0.2, 0.25) is 0 Å². The summed E-state index contributed by atoms with van der Waals surface area (Å²) in [6.07, 6.45) is 2.29. The van der Waals surface area contributed by atoms with Gasteiger partial charge in [-0.05, 0) is 36.5 Å². The Balaban J connectivity index is 1.80. The molecule has 0 spiro atoms. The minimum atomic E-state index is -1.07. The van der Waals surface area contributed by atoms with E-state index < -0.39 is 17.7 Å². The Hall–Kier alpha value is -1.95. The van der Waals surface area contributed by atoms with Gasteiger partial charge in [-0.25, -0.2) is 4.39 Å². The molecular weight excluding hydrogens is 277 g/mol. The topological polar surface area (TPSA) is 75.6 Å². The third-order valence-corrected chi connectivity index (χ3v) is 3.36. The zero-order valence-electron chi connectivity index (χ0n) is 11.5. The van der Waals surface area contributed by atoms with Gasteiger partial charge in [0.05, 0.1) is 12.5 Å². The molecule has 1 aliphatic carbocycles. The maximum absolute atomic E-state index is 12.8. The maximum atomic E-state index is 12.8. The Bertz CT molecular complexity index is 499. The number of ether oxygens (including phenoxy) is 1. The number of aliphatic carboxylic acids is 1. The van der Waals surface area contributed by atoms with Crippen molar-refractivity contribution >= 4 is 11.9 Å². The second kappa shape index (κ2) is 7.17. The molecule has 0 heterocycles. The first-order valence-corrected chi connectivity index (χ1v) is 6.89. The average molecular weight is 295 g/mol. The molecule has 1 atom stereocenters. The van der Waals surface area contributed by atoms with E-state index in [2.05, 4.69) is 5.32 Å². The highest BCUT2D eigenvalue weighted by Gasteiger charge is 2.23. The minimum absolute atomic E-state index is 0.0490. The molecule has 1 amide bonds. The summed E-state index contributed by atoms with van der Waals surface area (Å²) in [5, 5.41) is 11.7. The summed E-state index contributed by atoms with van der Waals surface area (Å²) in [6.45, 7) is 0.465. The van der Waals surface area contributed by atoms with Crippen molar-refractivity contribution in [2.75, 3.05) is 19.8 Å². The van der Waals surface area contributed by atoms with Crippen molar-refractivity contribution in [3.63, 3.8) is 0 Å². The standard InChI is InChI=1S/C15H18FNO4/c16-12-5-3-11(4-6-12)13(15(19)20)7-17-14(18)9-21-8-10-1-2-10/h3-6,10,13H,1-2,7-9H2,(H,17,18)(H,19,20). The van der Waals surface area contributed by atoms with Crippen molar-refractivity contribution in [2.45, 2.75) is 18.8 Å². The number of halogens is 1. The molecular formula is C15H18FNO4. The number of carbonyl (C=O) groups is 2. The smallest absolute Gasteiger partial charge is 0.312 e. The molecule has 1 aromatic rings. The van der Waals surface area contributed by atoms with Gasteiger partial charge in [0.25, 0.3) is 0 Å². The fraction of sp³-hybridized carbons (Fsp3) is 0.467. The van der Waals surface area contributed by atoms with Crippen LogP contribution in [0.15, 0.2) is 24.3 Å². The third kappa shape index (κ3) is 5.15. The predicted molar refractivity (Wildman–Crippen MR) is 73.3 cm³/mol. The summed E-state index contributed by atoms with van der Waals surface area (Å²) < 4.78 is 18.1. The molecule has 2 rings (SSSR count). The second-order valence-electron chi connectivity index (χ2n) is 5.20. The first kappa shape index (κ1) is 15.4. The SMILES string of the molecule is O=C(COCC1CC1)NCC(C(=O)O)c1ccc(F)cc1. The Morgan fingerprint density at radius 3 is 2.57 bits per heavy atom. The number of benzene rings is 1. The Morgan fingerprint density at radius 1 is 1.33 bits per heavy atom. The van der Waals surface area contributed by atoms with Crippen molar-refractivity contribution in [2.24, 2.45) is 5.92 Å². The number of hydrogen-bond acceptors (Lipinski definition) is 3. The summed E-state index contributed by atoms with van der Waals surface area (Å²) in [6, 6.07) is 5.21. The molecule has 114 valence electrons. The van der Waals surface area contributed by atoms with Crippen LogP contribution in [0.4, 0.5) is 4.39 Å².